The highest BCUT2D eigenvalue weighted by atomic mass is 79.9. The van der Waals surface area contributed by atoms with Gasteiger partial charge in [0.15, 0.2) is 11.5 Å². The molecule has 202 valence electrons. The highest BCUT2D eigenvalue weighted by molar-refractivity contribution is 9.10. The Bertz CT molecular complexity index is 1440. The lowest BCUT2D eigenvalue weighted by atomic mass is 10.1. The van der Waals surface area contributed by atoms with Crippen molar-refractivity contribution in [2.75, 3.05) is 13.7 Å². The molecule has 1 aliphatic rings. The Morgan fingerprint density at radius 2 is 1.74 bits per heavy atom. The average molecular weight is 597 g/mol. The molecule has 1 aliphatic heterocycles. The first-order chi connectivity index (χ1) is 18.8. The monoisotopic (exact) mass is 596 g/mol. The van der Waals surface area contributed by atoms with Gasteiger partial charge in [-0.25, -0.2) is 9.18 Å². The summed E-state index contributed by atoms with van der Waals surface area (Å²) in [5, 5.41) is 2.23. The SMILES string of the molecule is CCCOc1ccc(CN2C(=O)NC(=O)/C(=C\c3cc(Br)ccc3OCc3cccc(F)c3)C2=O)cc1OC. The van der Waals surface area contributed by atoms with Gasteiger partial charge in [0.25, 0.3) is 11.8 Å². The van der Waals surface area contributed by atoms with Crippen LogP contribution in [0.4, 0.5) is 9.18 Å². The van der Waals surface area contributed by atoms with E-state index in [1.54, 1.807) is 48.5 Å². The van der Waals surface area contributed by atoms with Crippen molar-refractivity contribution in [2.45, 2.75) is 26.5 Å². The van der Waals surface area contributed by atoms with Gasteiger partial charge in [-0.15, -0.1) is 0 Å². The third kappa shape index (κ3) is 6.83. The summed E-state index contributed by atoms with van der Waals surface area (Å²) in [5.74, 6) is -0.584. The minimum absolute atomic E-state index is 0.0696. The number of amides is 4. The van der Waals surface area contributed by atoms with Crippen LogP contribution in [0.2, 0.25) is 0 Å². The first kappa shape index (κ1) is 27.8. The number of halogens is 2. The summed E-state index contributed by atoms with van der Waals surface area (Å²) in [6.07, 6.45) is 2.19. The van der Waals surface area contributed by atoms with Crippen molar-refractivity contribution in [1.82, 2.24) is 10.2 Å². The average Bonchev–Trinajstić information content (AvgIpc) is 2.92. The van der Waals surface area contributed by atoms with Crippen LogP contribution in [0.1, 0.15) is 30.0 Å². The molecule has 1 fully saturated rings. The van der Waals surface area contributed by atoms with Crippen LogP contribution in [-0.4, -0.2) is 36.5 Å². The smallest absolute Gasteiger partial charge is 0.331 e. The summed E-state index contributed by atoms with van der Waals surface area (Å²) < 4.78 is 31.2. The molecule has 0 saturated carbocycles. The summed E-state index contributed by atoms with van der Waals surface area (Å²) in [4.78, 5) is 39.6. The number of benzene rings is 3. The van der Waals surface area contributed by atoms with Crippen molar-refractivity contribution in [2.24, 2.45) is 0 Å². The molecule has 0 atom stereocenters. The molecule has 4 amide bonds. The van der Waals surface area contributed by atoms with Crippen molar-refractivity contribution < 1.29 is 33.0 Å². The van der Waals surface area contributed by atoms with Crippen LogP contribution >= 0.6 is 15.9 Å². The number of hydrogen-bond acceptors (Lipinski definition) is 6. The van der Waals surface area contributed by atoms with Crippen molar-refractivity contribution in [3.8, 4) is 17.2 Å². The van der Waals surface area contributed by atoms with E-state index in [9.17, 15) is 18.8 Å². The molecule has 1 saturated heterocycles. The first-order valence-corrected chi connectivity index (χ1v) is 12.9. The highest BCUT2D eigenvalue weighted by Gasteiger charge is 2.36. The van der Waals surface area contributed by atoms with Gasteiger partial charge in [-0.2, -0.15) is 0 Å². The maximum atomic E-state index is 13.6. The molecule has 0 unspecified atom stereocenters. The largest absolute Gasteiger partial charge is 0.493 e. The topological polar surface area (TPSA) is 94.2 Å². The molecule has 0 bridgehead atoms. The van der Waals surface area contributed by atoms with E-state index in [1.807, 2.05) is 6.92 Å². The maximum absolute atomic E-state index is 13.6. The fraction of sp³-hybridized carbons (Fsp3) is 0.207. The third-order valence-electron chi connectivity index (χ3n) is 5.77. The zero-order valence-electron chi connectivity index (χ0n) is 21.3. The third-order valence-corrected chi connectivity index (χ3v) is 6.26. The maximum Gasteiger partial charge on any atom is 0.331 e. The quantitative estimate of drug-likeness (QED) is 0.241. The fourth-order valence-electron chi connectivity index (χ4n) is 3.87. The number of carbonyl (C=O) groups excluding carboxylic acids is 3. The van der Waals surface area contributed by atoms with Crippen LogP contribution in [-0.2, 0) is 22.7 Å². The normalized spacial score (nSPS) is 14.4. The van der Waals surface area contributed by atoms with E-state index >= 15 is 0 Å². The van der Waals surface area contributed by atoms with E-state index in [1.165, 1.54) is 25.3 Å². The molecule has 3 aromatic carbocycles. The molecule has 1 heterocycles. The number of urea groups is 1. The Labute approximate surface area is 233 Å². The van der Waals surface area contributed by atoms with Gasteiger partial charge in [-0.05, 0) is 66.1 Å². The fourth-order valence-corrected chi connectivity index (χ4v) is 4.25. The van der Waals surface area contributed by atoms with Gasteiger partial charge in [0.2, 0.25) is 0 Å². The van der Waals surface area contributed by atoms with Crippen molar-refractivity contribution >= 4 is 39.9 Å². The Morgan fingerprint density at radius 1 is 0.949 bits per heavy atom. The minimum atomic E-state index is -0.829. The Balaban J connectivity index is 1.59. The van der Waals surface area contributed by atoms with Crippen molar-refractivity contribution in [3.05, 3.63) is 93.2 Å². The molecular weight excluding hydrogens is 571 g/mol. The summed E-state index contributed by atoms with van der Waals surface area (Å²) in [6, 6.07) is 15.4. The second kappa shape index (κ2) is 12.6. The Morgan fingerprint density at radius 3 is 2.49 bits per heavy atom. The van der Waals surface area contributed by atoms with Gasteiger partial charge in [0, 0.05) is 10.0 Å². The lowest BCUT2D eigenvalue weighted by Crippen LogP contribution is -2.53. The van der Waals surface area contributed by atoms with E-state index in [4.69, 9.17) is 14.2 Å². The predicted molar refractivity (Wildman–Crippen MR) is 146 cm³/mol. The number of ether oxygens (including phenoxy) is 3. The van der Waals surface area contributed by atoms with E-state index in [0.717, 1.165) is 11.3 Å². The number of barbiturate groups is 1. The summed E-state index contributed by atoms with van der Waals surface area (Å²) >= 11 is 3.39. The number of carbonyl (C=O) groups is 3. The van der Waals surface area contributed by atoms with Gasteiger partial charge < -0.3 is 14.2 Å². The Hall–Kier alpha value is -4.18. The lowest BCUT2D eigenvalue weighted by Gasteiger charge is -2.26. The number of nitrogens with one attached hydrogen (secondary N) is 1. The van der Waals surface area contributed by atoms with Crippen LogP contribution in [0, 0.1) is 5.82 Å². The molecule has 0 aromatic heterocycles. The standard InChI is InChI=1S/C29H26BrFN2O6/c1-3-11-38-25-9-7-18(13-26(25)37-2)16-33-28(35)23(27(34)32-29(33)36)15-20-14-21(30)8-10-24(20)39-17-19-5-4-6-22(31)12-19/h4-10,12-15H,3,11,16-17H2,1-2H3,(H,32,34,36)/b23-15+. The summed E-state index contributed by atoms with van der Waals surface area (Å²) in [5.41, 5.74) is 1.40. The molecular formula is C29H26BrFN2O6. The molecule has 0 aliphatic carbocycles. The van der Waals surface area contributed by atoms with Crippen molar-refractivity contribution in [3.63, 3.8) is 0 Å². The summed E-state index contributed by atoms with van der Waals surface area (Å²) in [6.45, 7) is 2.48. The highest BCUT2D eigenvalue weighted by Crippen LogP contribution is 2.30. The summed E-state index contributed by atoms with van der Waals surface area (Å²) in [7, 11) is 1.50. The number of imide groups is 2. The van der Waals surface area contributed by atoms with Crippen LogP contribution in [0.5, 0.6) is 17.2 Å². The molecule has 3 aromatic rings. The molecule has 4 rings (SSSR count). The van der Waals surface area contributed by atoms with Crippen LogP contribution < -0.4 is 19.5 Å². The number of rotatable bonds is 10. The molecule has 0 spiro atoms. The molecule has 0 radical (unpaired) electrons. The minimum Gasteiger partial charge on any atom is -0.493 e. The lowest BCUT2D eigenvalue weighted by molar-refractivity contribution is -0.130. The molecule has 8 nitrogen and oxygen atoms in total. The number of methoxy groups -OCH3 is 1. The van der Waals surface area contributed by atoms with Gasteiger partial charge in [-0.1, -0.05) is 41.1 Å². The molecule has 39 heavy (non-hydrogen) atoms. The van der Waals surface area contributed by atoms with E-state index in [-0.39, 0.29) is 24.5 Å². The van der Waals surface area contributed by atoms with E-state index in [2.05, 4.69) is 21.2 Å². The molecule has 1 N–H and O–H groups in total. The first-order valence-electron chi connectivity index (χ1n) is 12.1. The predicted octanol–water partition coefficient (Wildman–Crippen LogP) is 5.63. The number of nitrogens with zero attached hydrogens (tertiary/aromatic N) is 1. The van der Waals surface area contributed by atoms with Crippen molar-refractivity contribution in [1.29, 1.82) is 0 Å². The molecule has 10 heteroatoms. The van der Waals surface area contributed by atoms with Gasteiger partial charge in [-0.3, -0.25) is 19.8 Å². The second-order valence-electron chi connectivity index (χ2n) is 8.64. The van der Waals surface area contributed by atoms with E-state index in [0.29, 0.717) is 45.0 Å². The number of hydrogen-bond donors (Lipinski definition) is 1. The zero-order chi connectivity index (χ0) is 27.9. The van der Waals surface area contributed by atoms with E-state index < -0.39 is 17.8 Å². The van der Waals surface area contributed by atoms with Crippen LogP contribution in [0.3, 0.4) is 0 Å². The van der Waals surface area contributed by atoms with Crippen LogP contribution in [0.25, 0.3) is 6.08 Å². The van der Waals surface area contributed by atoms with Crippen LogP contribution in [0.15, 0.2) is 70.7 Å². The second-order valence-corrected chi connectivity index (χ2v) is 9.56. The van der Waals surface area contributed by atoms with Gasteiger partial charge >= 0.3 is 6.03 Å². The van der Waals surface area contributed by atoms with Gasteiger partial charge in [0.1, 0.15) is 23.7 Å². The zero-order valence-corrected chi connectivity index (χ0v) is 22.9. The Kier molecular flexibility index (Phi) is 8.98. The van der Waals surface area contributed by atoms with Gasteiger partial charge in [0.05, 0.1) is 20.3 Å².